The quantitative estimate of drug-likeness (QED) is 0.936. The summed E-state index contributed by atoms with van der Waals surface area (Å²) in [4.78, 5) is 2.50. The normalized spacial score (nSPS) is 19.3. The molecule has 3 rings (SSSR count). The van der Waals surface area contributed by atoms with Gasteiger partial charge in [-0.1, -0.05) is 12.1 Å². The number of rotatable bonds is 4. The summed E-state index contributed by atoms with van der Waals surface area (Å²) in [7, 11) is 0. The second kappa shape index (κ2) is 5.98. The summed E-state index contributed by atoms with van der Waals surface area (Å²) in [5.74, 6) is 0.386. The van der Waals surface area contributed by atoms with E-state index in [2.05, 4.69) is 28.9 Å². The first-order chi connectivity index (χ1) is 10.1. The van der Waals surface area contributed by atoms with Crippen molar-refractivity contribution in [3.63, 3.8) is 0 Å². The molecule has 2 heterocycles. The highest BCUT2D eigenvalue weighted by Crippen LogP contribution is 2.27. The van der Waals surface area contributed by atoms with Gasteiger partial charge in [0.05, 0.1) is 5.69 Å². The highest BCUT2D eigenvalue weighted by atomic mass is 19.1. The van der Waals surface area contributed by atoms with Crippen molar-refractivity contribution in [2.45, 2.75) is 32.6 Å². The molecular weight excluding hydrogens is 265 g/mol. The van der Waals surface area contributed by atoms with E-state index in [1.807, 2.05) is 12.1 Å². The van der Waals surface area contributed by atoms with Gasteiger partial charge in [-0.25, -0.2) is 4.39 Å². The average Bonchev–Trinajstić information content (AvgIpc) is 3.06. The molecule has 0 bridgehead atoms. The van der Waals surface area contributed by atoms with Crippen molar-refractivity contribution in [3.8, 4) is 0 Å². The molecule has 4 heteroatoms. The van der Waals surface area contributed by atoms with Gasteiger partial charge >= 0.3 is 0 Å². The molecule has 3 nitrogen and oxygen atoms in total. The van der Waals surface area contributed by atoms with E-state index < -0.39 is 0 Å². The number of aromatic nitrogens is 2. The summed E-state index contributed by atoms with van der Waals surface area (Å²) in [5.41, 5.74) is 4.90. The summed E-state index contributed by atoms with van der Waals surface area (Å²) < 4.78 is 13.0. The minimum atomic E-state index is -0.153. The lowest BCUT2D eigenvalue weighted by Gasteiger charge is -2.16. The fourth-order valence-electron chi connectivity index (χ4n) is 3.26. The molecule has 2 aromatic rings. The number of hydrogen-bond donors (Lipinski definition) is 1. The Kier molecular flexibility index (Phi) is 4.06. The predicted octanol–water partition coefficient (Wildman–Crippen LogP) is 3.20. The zero-order valence-corrected chi connectivity index (χ0v) is 12.7. The maximum absolute atomic E-state index is 13.0. The first-order valence-electron chi connectivity index (χ1n) is 7.61. The molecule has 0 amide bonds. The molecule has 1 aromatic heterocycles. The average molecular weight is 287 g/mol. The molecule has 1 N–H and O–H groups in total. The van der Waals surface area contributed by atoms with Gasteiger partial charge in [-0.2, -0.15) is 5.10 Å². The second-order valence-corrected chi connectivity index (χ2v) is 6.00. The van der Waals surface area contributed by atoms with Crippen molar-refractivity contribution in [2.24, 2.45) is 0 Å². The largest absolute Gasteiger partial charge is 0.302 e. The Hall–Kier alpha value is -1.68. The van der Waals surface area contributed by atoms with Crippen LogP contribution in [0.1, 0.15) is 34.9 Å². The minimum Gasteiger partial charge on any atom is -0.302 e. The maximum Gasteiger partial charge on any atom is 0.123 e. The Balaban J connectivity index is 1.56. The maximum atomic E-state index is 13.0. The molecule has 1 aliphatic rings. The van der Waals surface area contributed by atoms with E-state index in [-0.39, 0.29) is 5.82 Å². The number of nitrogens with zero attached hydrogens (tertiary/aromatic N) is 2. The van der Waals surface area contributed by atoms with Crippen LogP contribution in [0.2, 0.25) is 0 Å². The van der Waals surface area contributed by atoms with Gasteiger partial charge in [0.15, 0.2) is 0 Å². The van der Waals surface area contributed by atoms with E-state index in [4.69, 9.17) is 0 Å². The summed E-state index contributed by atoms with van der Waals surface area (Å²) >= 11 is 0. The van der Waals surface area contributed by atoms with Crippen LogP contribution in [0, 0.1) is 19.7 Å². The molecule has 112 valence electrons. The van der Waals surface area contributed by atoms with Crippen molar-refractivity contribution in [3.05, 3.63) is 52.6 Å². The Bertz CT molecular complexity index is 583. The fourth-order valence-corrected chi connectivity index (χ4v) is 3.26. The lowest BCUT2D eigenvalue weighted by molar-refractivity contribution is 0.338. The molecule has 1 saturated heterocycles. The topological polar surface area (TPSA) is 31.9 Å². The lowest BCUT2D eigenvalue weighted by atomic mass is 9.99. The molecule has 1 fully saturated rings. The summed E-state index contributed by atoms with van der Waals surface area (Å²) in [5, 5.41) is 7.30. The van der Waals surface area contributed by atoms with Crippen LogP contribution in [0.4, 0.5) is 4.39 Å². The summed E-state index contributed by atoms with van der Waals surface area (Å²) in [6, 6.07) is 6.98. The molecule has 21 heavy (non-hydrogen) atoms. The zero-order chi connectivity index (χ0) is 14.8. The molecule has 0 spiro atoms. The van der Waals surface area contributed by atoms with Crippen molar-refractivity contribution >= 4 is 0 Å². The summed E-state index contributed by atoms with van der Waals surface area (Å²) in [6.07, 6.45) is 2.21. The van der Waals surface area contributed by atoms with Gasteiger partial charge in [0.1, 0.15) is 5.82 Å². The lowest BCUT2D eigenvalue weighted by Crippen LogP contribution is -2.23. The number of H-pyrrole nitrogens is 1. The molecule has 1 aliphatic heterocycles. The predicted molar refractivity (Wildman–Crippen MR) is 82.0 cm³/mol. The van der Waals surface area contributed by atoms with Gasteiger partial charge in [0.2, 0.25) is 0 Å². The van der Waals surface area contributed by atoms with Crippen LogP contribution in [-0.2, 0) is 6.42 Å². The second-order valence-electron chi connectivity index (χ2n) is 6.00. The van der Waals surface area contributed by atoms with Crippen LogP contribution in [0.15, 0.2) is 24.3 Å². The van der Waals surface area contributed by atoms with Gasteiger partial charge in [0, 0.05) is 18.8 Å². The third-order valence-electron chi connectivity index (χ3n) is 4.57. The molecule has 1 aromatic carbocycles. The van der Waals surface area contributed by atoms with Gasteiger partial charge in [0.25, 0.3) is 0 Å². The number of aryl methyl sites for hydroxylation is 2. The first-order valence-corrected chi connectivity index (χ1v) is 7.61. The molecule has 0 aliphatic carbocycles. The monoisotopic (exact) mass is 287 g/mol. The van der Waals surface area contributed by atoms with E-state index in [0.717, 1.165) is 38.2 Å². The van der Waals surface area contributed by atoms with Gasteiger partial charge in [-0.05, 0) is 62.4 Å². The van der Waals surface area contributed by atoms with E-state index >= 15 is 0 Å². The van der Waals surface area contributed by atoms with Crippen LogP contribution >= 0.6 is 0 Å². The third-order valence-corrected chi connectivity index (χ3v) is 4.57. The first kappa shape index (κ1) is 14.3. The molecule has 1 atom stereocenters. The van der Waals surface area contributed by atoms with Crippen LogP contribution in [0.5, 0.6) is 0 Å². The van der Waals surface area contributed by atoms with Crippen molar-refractivity contribution in [1.29, 1.82) is 0 Å². The van der Waals surface area contributed by atoms with Crippen molar-refractivity contribution in [2.75, 3.05) is 19.6 Å². The standard InChI is InChI=1S/C17H22FN3/c1-12-17(13(2)20-19-12)8-10-21-9-7-15(11-21)14-3-5-16(18)6-4-14/h3-6,15H,7-11H2,1-2H3,(H,19,20)/t15-/m0/s1. The summed E-state index contributed by atoms with van der Waals surface area (Å²) in [6.45, 7) is 7.41. The Morgan fingerprint density at radius 3 is 2.71 bits per heavy atom. The van der Waals surface area contributed by atoms with Crippen molar-refractivity contribution in [1.82, 2.24) is 15.1 Å². The van der Waals surface area contributed by atoms with E-state index in [1.165, 1.54) is 16.8 Å². The van der Waals surface area contributed by atoms with Gasteiger partial charge in [-0.15, -0.1) is 0 Å². The number of nitrogens with one attached hydrogen (secondary N) is 1. The van der Waals surface area contributed by atoms with Crippen molar-refractivity contribution < 1.29 is 4.39 Å². The molecule has 0 saturated carbocycles. The number of benzene rings is 1. The smallest absolute Gasteiger partial charge is 0.123 e. The molecule has 0 unspecified atom stereocenters. The number of hydrogen-bond acceptors (Lipinski definition) is 2. The third kappa shape index (κ3) is 3.16. The molecular formula is C17H22FN3. The van der Waals surface area contributed by atoms with Crippen LogP contribution < -0.4 is 0 Å². The molecule has 0 radical (unpaired) electrons. The Labute approximate surface area is 125 Å². The SMILES string of the molecule is Cc1n[nH]c(C)c1CCN1CC[C@H](c2ccc(F)cc2)C1. The number of aromatic amines is 1. The highest BCUT2D eigenvalue weighted by Gasteiger charge is 2.23. The fraction of sp³-hybridized carbons (Fsp3) is 0.471. The van der Waals surface area contributed by atoms with Gasteiger partial charge in [-0.3, -0.25) is 5.10 Å². The Morgan fingerprint density at radius 1 is 1.29 bits per heavy atom. The number of halogens is 1. The zero-order valence-electron chi connectivity index (χ0n) is 12.7. The van der Waals surface area contributed by atoms with E-state index in [1.54, 1.807) is 12.1 Å². The van der Waals surface area contributed by atoms with Crippen LogP contribution in [0.25, 0.3) is 0 Å². The van der Waals surface area contributed by atoms with E-state index in [0.29, 0.717) is 5.92 Å². The van der Waals surface area contributed by atoms with Crippen LogP contribution in [-0.4, -0.2) is 34.7 Å². The highest BCUT2D eigenvalue weighted by molar-refractivity contribution is 5.24. The Morgan fingerprint density at radius 2 is 2.05 bits per heavy atom. The van der Waals surface area contributed by atoms with Gasteiger partial charge < -0.3 is 4.90 Å². The van der Waals surface area contributed by atoms with E-state index in [9.17, 15) is 4.39 Å². The number of likely N-dealkylation sites (tertiary alicyclic amines) is 1. The minimum absolute atomic E-state index is 0.153. The van der Waals surface area contributed by atoms with Crippen LogP contribution in [0.3, 0.4) is 0 Å².